The standard InChI is InChI=1S/C30H35ClFN3O5S/c1-5-21(3)33-30(37)28(6-2)34(19-22-11-10-12-24(17-22)40-4)29(36)20-35(23-15-16-27(32)26(31)18-23)41(38,39)25-13-8-7-9-14-25/h7-18,21,28H,5-6,19-20H2,1-4H3,(H,33,37)/t21-,28+/m0/s1. The van der Waals surface area contributed by atoms with Crippen molar-refractivity contribution in [2.24, 2.45) is 0 Å². The molecule has 0 unspecified atom stereocenters. The fraction of sp³-hybridized carbons (Fsp3) is 0.333. The first-order chi connectivity index (χ1) is 19.5. The molecular weight excluding hydrogens is 569 g/mol. The van der Waals surface area contributed by atoms with Crippen molar-refractivity contribution in [1.82, 2.24) is 10.2 Å². The van der Waals surface area contributed by atoms with Crippen LogP contribution < -0.4 is 14.4 Å². The van der Waals surface area contributed by atoms with Crippen molar-refractivity contribution in [2.75, 3.05) is 18.0 Å². The van der Waals surface area contributed by atoms with E-state index >= 15 is 0 Å². The van der Waals surface area contributed by atoms with E-state index in [1.54, 1.807) is 49.4 Å². The van der Waals surface area contributed by atoms with Crippen LogP contribution in [0.25, 0.3) is 0 Å². The molecule has 8 nitrogen and oxygen atoms in total. The number of rotatable bonds is 13. The molecule has 0 saturated heterocycles. The number of halogens is 2. The van der Waals surface area contributed by atoms with Crippen molar-refractivity contribution in [2.45, 2.75) is 57.1 Å². The summed E-state index contributed by atoms with van der Waals surface area (Å²) in [5, 5.41) is 2.64. The number of nitrogens with zero attached hydrogens (tertiary/aromatic N) is 2. The fourth-order valence-electron chi connectivity index (χ4n) is 4.22. The number of carbonyl (C=O) groups is 2. The number of carbonyl (C=O) groups excluding carboxylic acids is 2. The van der Waals surface area contributed by atoms with Gasteiger partial charge in [-0.25, -0.2) is 12.8 Å². The van der Waals surface area contributed by atoms with Crippen LogP contribution in [0.4, 0.5) is 10.1 Å². The van der Waals surface area contributed by atoms with Gasteiger partial charge in [-0.2, -0.15) is 0 Å². The molecular formula is C30H35ClFN3O5S. The summed E-state index contributed by atoms with van der Waals surface area (Å²) in [4.78, 5) is 28.7. The molecule has 0 aromatic heterocycles. The highest BCUT2D eigenvalue weighted by molar-refractivity contribution is 7.92. The van der Waals surface area contributed by atoms with Crippen molar-refractivity contribution < 1.29 is 27.1 Å². The van der Waals surface area contributed by atoms with Crippen LogP contribution in [0, 0.1) is 5.82 Å². The number of hydrogen-bond acceptors (Lipinski definition) is 5. The lowest BCUT2D eigenvalue weighted by molar-refractivity contribution is -0.140. The molecule has 3 aromatic rings. The fourth-order valence-corrected chi connectivity index (χ4v) is 5.82. The second kappa shape index (κ2) is 14.3. The zero-order valence-electron chi connectivity index (χ0n) is 23.5. The Morgan fingerprint density at radius 1 is 1.00 bits per heavy atom. The van der Waals surface area contributed by atoms with Gasteiger partial charge in [0, 0.05) is 12.6 Å². The van der Waals surface area contributed by atoms with Gasteiger partial charge in [-0.1, -0.05) is 55.8 Å². The van der Waals surface area contributed by atoms with Crippen LogP contribution in [0.1, 0.15) is 39.2 Å². The molecule has 11 heteroatoms. The minimum atomic E-state index is -4.29. The third kappa shape index (κ3) is 7.98. The summed E-state index contributed by atoms with van der Waals surface area (Å²) in [5.74, 6) is -1.13. The van der Waals surface area contributed by atoms with Gasteiger partial charge in [-0.3, -0.25) is 13.9 Å². The zero-order chi connectivity index (χ0) is 30.2. The second-order valence-corrected chi connectivity index (χ2v) is 11.8. The molecule has 0 bridgehead atoms. The summed E-state index contributed by atoms with van der Waals surface area (Å²) < 4.78 is 47.8. The Morgan fingerprint density at radius 2 is 1.71 bits per heavy atom. The lowest BCUT2D eigenvalue weighted by Crippen LogP contribution is -2.53. The van der Waals surface area contributed by atoms with E-state index in [0.29, 0.717) is 17.7 Å². The molecule has 0 aliphatic carbocycles. The molecule has 0 heterocycles. The number of nitrogens with one attached hydrogen (secondary N) is 1. The topological polar surface area (TPSA) is 96.0 Å². The quantitative estimate of drug-likeness (QED) is 0.282. The van der Waals surface area contributed by atoms with E-state index < -0.39 is 34.3 Å². The first-order valence-corrected chi connectivity index (χ1v) is 15.1. The summed E-state index contributed by atoms with van der Waals surface area (Å²) in [5.41, 5.74) is 0.696. The van der Waals surface area contributed by atoms with E-state index in [0.717, 1.165) is 16.4 Å². The highest BCUT2D eigenvalue weighted by atomic mass is 35.5. The monoisotopic (exact) mass is 603 g/mol. The van der Waals surface area contributed by atoms with Crippen molar-refractivity contribution >= 4 is 39.1 Å². The van der Waals surface area contributed by atoms with E-state index in [4.69, 9.17) is 16.3 Å². The molecule has 41 heavy (non-hydrogen) atoms. The molecule has 0 fully saturated rings. The Morgan fingerprint density at radius 3 is 2.32 bits per heavy atom. The van der Waals surface area contributed by atoms with Gasteiger partial charge in [0.25, 0.3) is 10.0 Å². The summed E-state index contributed by atoms with van der Waals surface area (Å²) >= 11 is 6.01. The molecule has 0 spiro atoms. The molecule has 2 amide bonds. The van der Waals surface area contributed by atoms with Crippen molar-refractivity contribution in [3.63, 3.8) is 0 Å². The molecule has 3 aromatic carbocycles. The highest BCUT2D eigenvalue weighted by Crippen LogP contribution is 2.28. The van der Waals surface area contributed by atoms with Gasteiger partial charge < -0.3 is 15.0 Å². The van der Waals surface area contributed by atoms with Crippen LogP contribution in [0.3, 0.4) is 0 Å². The molecule has 0 aliphatic heterocycles. The number of ether oxygens (including phenoxy) is 1. The van der Waals surface area contributed by atoms with E-state index in [2.05, 4.69) is 5.32 Å². The van der Waals surface area contributed by atoms with Gasteiger partial charge in [0.1, 0.15) is 24.2 Å². The largest absolute Gasteiger partial charge is 0.497 e. The summed E-state index contributed by atoms with van der Waals surface area (Å²) in [6.07, 6.45) is 0.978. The Bertz CT molecular complexity index is 1460. The third-order valence-electron chi connectivity index (χ3n) is 6.68. The second-order valence-electron chi connectivity index (χ2n) is 9.54. The van der Waals surface area contributed by atoms with Crippen LogP contribution in [0.15, 0.2) is 77.7 Å². The summed E-state index contributed by atoms with van der Waals surface area (Å²) in [6.45, 7) is 4.95. The van der Waals surface area contributed by atoms with E-state index in [-0.39, 0.29) is 40.5 Å². The number of anilines is 1. The molecule has 220 valence electrons. The van der Waals surface area contributed by atoms with Crippen LogP contribution in [0.5, 0.6) is 5.75 Å². The Balaban J connectivity index is 2.08. The molecule has 0 aliphatic rings. The van der Waals surface area contributed by atoms with Gasteiger partial charge in [0.2, 0.25) is 11.8 Å². The summed E-state index contributed by atoms with van der Waals surface area (Å²) in [6, 6.07) is 17.1. The average molecular weight is 604 g/mol. The average Bonchev–Trinajstić information content (AvgIpc) is 2.97. The Hall–Kier alpha value is -3.63. The van der Waals surface area contributed by atoms with Gasteiger partial charge >= 0.3 is 0 Å². The molecule has 1 N–H and O–H groups in total. The van der Waals surface area contributed by atoms with E-state index in [1.807, 2.05) is 13.8 Å². The lowest BCUT2D eigenvalue weighted by Gasteiger charge is -2.33. The maximum atomic E-state index is 14.1. The number of amides is 2. The normalized spacial score (nSPS) is 12.7. The zero-order valence-corrected chi connectivity index (χ0v) is 25.1. The van der Waals surface area contributed by atoms with Gasteiger partial charge in [0.05, 0.1) is 22.7 Å². The smallest absolute Gasteiger partial charge is 0.264 e. The third-order valence-corrected chi connectivity index (χ3v) is 8.75. The van der Waals surface area contributed by atoms with Crippen molar-refractivity contribution in [3.8, 4) is 5.75 Å². The maximum Gasteiger partial charge on any atom is 0.264 e. The molecule has 2 atom stereocenters. The van der Waals surface area contributed by atoms with Gasteiger partial charge in [-0.05, 0) is 67.8 Å². The van der Waals surface area contributed by atoms with Gasteiger partial charge in [-0.15, -0.1) is 0 Å². The molecule has 0 radical (unpaired) electrons. The number of sulfonamides is 1. The molecule has 3 rings (SSSR count). The first kappa shape index (κ1) is 31.9. The number of methoxy groups -OCH3 is 1. The SMILES string of the molecule is CC[C@H](C(=O)N[C@@H](C)CC)N(Cc1cccc(OC)c1)C(=O)CN(c1ccc(F)c(Cl)c1)S(=O)(=O)c1ccccc1. The van der Waals surface area contributed by atoms with Crippen molar-refractivity contribution in [1.29, 1.82) is 0 Å². The first-order valence-electron chi connectivity index (χ1n) is 13.3. The Labute approximate surface area is 246 Å². The van der Waals surface area contributed by atoms with Crippen LogP contribution in [-0.4, -0.2) is 50.9 Å². The van der Waals surface area contributed by atoms with Crippen LogP contribution in [-0.2, 0) is 26.2 Å². The molecule has 0 saturated carbocycles. The van der Waals surface area contributed by atoms with Crippen molar-refractivity contribution in [3.05, 3.63) is 89.2 Å². The van der Waals surface area contributed by atoms with Crippen LogP contribution >= 0.6 is 11.6 Å². The minimum Gasteiger partial charge on any atom is -0.497 e. The lowest BCUT2D eigenvalue weighted by atomic mass is 10.1. The van der Waals surface area contributed by atoms with Crippen LogP contribution in [0.2, 0.25) is 5.02 Å². The highest BCUT2D eigenvalue weighted by Gasteiger charge is 2.34. The predicted molar refractivity (Wildman–Crippen MR) is 158 cm³/mol. The van der Waals surface area contributed by atoms with E-state index in [9.17, 15) is 22.4 Å². The van der Waals surface area contributed by atoms with E-state index in [1.165, 1.54) is 30.2 Å². The predicted octanol–water partition coefficient (Wildman–Crippen LogP) is 5.41. The number of hydrogen-bond donors (Lipinski definition) is 1. The minimum absolute atomic E-state index is 0.00652. The maximum absolute atomic E-state index is 14.1. The summed E-state index contributed by atoms with van der Waals surface area (Å²) in [7, 11) is -2.76. The number of benzene rings is 3. The van der Waals surface area contributed by atoms with Gasteiger partial charge in [0.15, 0.2) is 0 Å². The Kier molecular flexibility index (Phi) is 11.1.